The van der Waals surface area contributed by atoms with E-state index in [-0.39, 0.29) is 17.9 Å². The SMILES string of the molecule is COC(=O)[C@@](C)(Cc1cccc(F)c1F)NC(=O)O[C@@H](c1ccccc1)C(C)C. The van der Waals surface area contributed by atoms with Crippen molar-refractivity contribution in [2.24, 2.45) is 5.92 Å². The molecule has 0 aromatic heterocycles. The number of carbonyl (C=O) groups is 2. The zero-order valence-electron chi connectivity index (χ0n) is 16.9. The van der Waals surface area contributed by atoms with E-state index >= 15 is 0 Å². The lowest BCUT2D eigenvalue weighted by Crippen LogP contribution is -2.54. The van der Waals surface area contributed by atoms with Gasteiger partial charge in [0.1, 0.15) is 11.6 Å². The third kappa shape index (κ3) is 5.53. The highest BCUT2D eigenvalue weighted by atomic mass is 19.2. The number of hydrogen-bond donors (Lipinski definition) is 1. The van der Waals surface area contributed by atoms with E-state index in [9.17, 15) is 18.4 Å². The summed E-state index contributed by atoms with van der Waals surface area (Å²) in [5.41, 5.74) is -0.922. The van der Waals surface area contributed by atoms with Crippen molar-refractivity contribution in [2.45, 2.75) is 38.8 Å². The van der Waals surface area contributed by atoms with E-state index in [1.807, 2.05) is 44.2 Å². The van der Waals surface area contributed by atoms with E-state index in [2.05, 4.69) is 5.32 Å². The van der Waals surface area contributed by atoms with Crippen LogP contribution in [0.3, 0.4) is 0 Å². The highest BCUT2D eigenvalue weighted by Crippen LogP contribution is 2.26. The molecule has 0 heterocycles. The summed E-state index contributed by atoms with van der Waals surface area (Å²) in [6.07, 6.45) is -1.72. The van der Waals surface area contributed by atoms with Gasteiger partial charge in [-0.25, -0.2) is 18.4 Å². The van der Waals surface area contributed by atoms with Gasteiger partial charge in [0.15, 0.2) is 11.6 Å². The largest absolute Gasteiger partial charge is 0.467 e. The van der Waals surface area contributed by atoms with Crippen molar-refractivity contribution < 1.29 is 27.8 Å². The Balaban J connectivity index is 2.23. The van der Waals surface area contributed by atoms with Crippen LogP contribution in [-0.4, -0.2) is 24.7 Å². The second kappa shape index (κ2) is 9.49. The second-order valence-corrected chi connectivity index (χ2v) is 7.32. The van der Waals surface area contributed by atoms with Crippen molar-refractivity contribution in [3.05, 3.63) is 71.3 Å². The third-order valence-corrected chi connectivity index (χ3v) is 4.56. The lowest BCUT2D eigenvalue weighted by atomic mass is 9.92. The Morgan fingerprint density at radius 2 is 1.72 bits per heavy atom. The molecule has 0 aliphatic carbocycles. The van der Waals surface area contributed by atoms with Crippen molar-refractivity contribution in [3.63, 3.8) is 0 Å². The lowest BCUT2D eigenvalue weighted by molar-refractivity contribution is -0.147. The maximum atomic E-state index is 14.1. The summed E-state index contributed by atoms with van der Waals surface area (Å²) in [6.45, 7) is 5.16. The maximum Gasteiger partial charge on any atom is 0.408 e. The Morgan fingerprint density at radius 1 is 1.07 bits per heavy atom. The highest BCUT2D eigenvalue weighted by molar-refractivity contribution is 5.85. The number of alkyl carbamates (subject to hydrolysis) is 1. The van der Waals surface area contributed by atoms with Crippen molar-refractivity contribution in [1.29, 1.82) is 0 Å². The van der Waals surface area contributed by atoms with Gasteiger partial charge < -0.3 is 14.8 Å². The number of carbonyl (C=O) groups excluding carboxylic acids is 2. The molecule has 2 aromatic rings. The molecule has 7 heteroatoms. The van der Waals surface area contributed by atoms with Gasteiger partial charge in [0, 0.05) is 6.42 Å². The summed E-state index contributed by atoms with van der Waals surface area (Å²) < 4.78 is 38.0. The van der Waals surface area contributed by atoms with Gasteiger partial charge in [0.25, 0.3) is 0 Å². The number of ether oxygens (including phenoxy) is 2. The zero-order chi connectivity index (χ0) is 21.6. The fourth-order valence-corrected chi connectivity index (χ4v) is 3.06. The average molecular weight is 405 g/mol. The van der Waals surface area contributed by atoms with Crippen LogP contribution in [-0.2, 0) is 20.7 Å². The third-order valence-electron chi connectivity index (χ3n) is 4.56. The van der Waals surface area contributed by atoms with E-state index < -0.39 is 35.3 Å². The molecular formula is C22H25F2NO4. The molecule has 1 N–H and O–H groups in total. The number of rotatable bonds is 7. The molecule has 156 valence electrons. The minimum absolute atomic E-state index is 0.0341. The molecule has 2 rings (SSSR count). The number of amides is 1. The summed E-state index contributed by atoms with van der Waals surface area (Å²) >= 11 is 0. The average Bonchev–Trinajstić information content (AvgIpc) is 2.69. The van der Waals surface area contributed by atoms with E-state index in [0.717, 1.165) is 18.7 Å². The van der Waals surface area contributed by atoms with Crippen LogP contribution >= 0.6 is 0 Å². The van der Waals surface area contributed by atoms with Gasteiger partial charge in [-0.3, -0.25) is 0 Å². The van der Waals surface area contributed by atoms with Gasteiger partial charge in [0.2, 0.25) is 0 Å². The van der Waals surface area contributed by atoms with Crippen molar-refractivity contribution in [3.8, 4) is 0 Å². The van der Waals surface area contributed by atoms with Crippen LogP contribution in [0.25, 0.3) is 0 Å². The predicted molar refractivity (Wildman–Crippen MR) is 104 cm³/mol. The minimum atomic E-state index is -1.65. The Morgan fingerprint density at radius 3 is 2.31 bits per heavy atom. The molecule has 0 saturated heterocycles. The molecular weight excluding hydrogens is 380 g/mol. The molecule has 0 bridgehead atoms. The summed E-state index contributed by atoms with van der Waals surface area (Å²) in [4.78, 5) is 25.0. The molecule has 0 fully saturated rings. The van der Waals surface area contributed by atoms with Crippen molar-refractivity contribution in [2.75, 3.05) is 7.11 Å². The number of halogens is 2. The van der Waals surface area contributed by atoms with Gasteiger partial charge >= 0.3 is 12.1 Å². The maximum absolute atomic E-state index is 14.1. The summed E-state index contributed by atoms with van der Waals surface area (Å²) in [7, 11) is 1.15. The molecule has 0 aliphatic heterocycles. The van der Waals surface area contributed by atoms with Gasteiger partial charge in [-0.2, -0.15) is 0 Å². The molecule has 0 spiro atoms. The fraction of sp³-hybridized carbons (Fsp3) is 0.364. The molecule has 0 unspecified atom stereocenters. The normalized spacial score (nSPS) is 14.0. The zero-order valence-corrected chi connectivity index (χ0v) is 16.9. The van der Waals surface area contributed by atoms with Crippen LogP contribution in [0, 0.1) is 17.6 Å². The van der Waals surface area contributed by atoms with E-state index in [0.29, 0.717) is 0 Å². The number of benzene rings is 2. The molecule has 2 atom stereocenters. The van der Waals surface area contributed by atoms with Crippen LogP contribution in [0.15, 0.2) is 48.5 Å². The predicted octanol–water partition coefficient (Wildman–Crippen LogP) is 4.56. The number of hydrogen-bond acceptors (Lipinski definition) is 4. The molecule has 29 heavy (non-hydrogen) atoms. The van der Waals surface area contributed by atoms with E-state index in [1.165, 1.54) is 19.1 Å². The Hall–Kier alpha value is -2.96. The van der Waals surface area contributed by atoms with E-state index in [4.69, 9.17) is 9.47 Å². The van der Waals surface area contributed by atoms with Crippen LogP contribution < -0.4 is 5.32 Å². The molecule has 1 amide bonds. The van der Waals surface area contributed by atoms with Crippen LogP contribution in [0.2, 0.25) is 0 Å². The summed E-state index contributed by atoms with van der Waals surface area (Å²) in [5, 5.41) is 2.47. The monoisotopic (exact) mass is 405 g/mol. The second-order valence-electron chi connectivity index (χ2n) is 7.32. The van der Waals surface area contributed by atoms with Crippen LogP contribution in [0.5, 0.6) is 0 Å². The smallest absolute Gasteiger partial charge is 0.408 e. The lowest BCUT2D eigenvalue weighted by Gasteiger charge is -2.30. The molecule has 2 aromatic carbocycles. The van der Waals surface area contributed by atoms with Crippen LogP contribution in [0.4, 0.5) is 13.6 Å². The van der Waals surface area contributed by atoms with Gasteiger partial charge in [-0.05, 0) is 30.0 Å². The summed E-state index contributed by atoms with van der Waals surface area (Å²) in [5.74, 6) is -2.96. The molecule has 0 aliphatic rings. The Bertz CT molecular complexity index is 857. The minimum Gasteiger partial charge on any atom is -0.467 e. The summed E-state index contributed by atoms with van der Waals surface area (Å²) in [6, 6.07) is 12.8. The molecule has 0 radical (unpaired) electrons. The molecule has 5 nitrogen and oxygen atoms in total. The topological polar surface area (TPSA) is 64.6 Å². The highest BCUT2D eigenvalue weighted by Gasteiger charge is 2.38. The van der Waals surface area contributed by atoms with Crippen LogP contribution in [0.1, 0.15) is 38.0 Å². The number of nitrogens with one attached hydrogen (secondary N) is 1. The quantitative estimate of drug-likeness (QED) is 0.686. The fourth-order valence-electron chi connectivity index (χ4n) is 3.06. The number of esters is 1. The number of methoxy groups -OCH3 is 1. The van der Waals surface area contributed by atoms with Gasteiger partial charge in [-0.1, -0.05) is 56.3 Å². The first-order valence-electron chi connectivity index (χ1n) is 9.23. The van der Waals surface area contributed by atoms with Crippen molar-refractivity contribution in [1.82, 2.24) is 5.32 Å². The standard InChI is InChI=1S/C22H25F2NO4/c1-14(2)19(15-9-6-5-7-10-15)29-21(27)25-22(3,20(26)28-4)13-16-11-8-12-17(23)18(16)24/h5-12,14,19H,13H2,1-4H3,(H,25,27)/t19-,22-/m1/s1. The molecule has 0 saturated carbocycles. The first-order chi connectivity index (χ1) is 13.7. The van der Waals surface area contributed by atoms with Crippen molar-refractivity contribution >= 4 is 12.1 Å². The van der Waals surface area contributed by atoms with E-state index in [1.54, 1.807) is 0 Å². The first-order valence-corrected chi connectivity index (χ1v) is 9.23. The van der Waals surface area contributed by atoms with Gasteiger partial charge in [-0.15, -0.1) is 0 Å². The Labute approximate surface area is 169 Å². The first kappa shape index (κ1) is 22.3. The Kier molecular flexibility index (Phi) is 7.31. The van der Waals surface area contributed by atoms with Gasteiger partial charge in [0.05, 0.1) is 7.11 Å².